The van der Waals surface area contributed by atoms with Crippen molar-refractivity contribution >= 4 is 22.7 Å². The van der Waals surface area contributed by atoms with Crippen molar-refractivity contribution in [2.75, 3.05) is 0 Å². The maximum absolute atomic E-state index is 8.44. The van der Waals surface area contributed by atoms with Crippen molar-refractivity contribution < 1.29 is 45.2 Å². The van der Waals surface area contributed by atoms with Crippen LogP contribution in [0.4, 0.5) is 0 Å². The second-order valence-electron chi connectivity index (χ2n) is 0.408. The third-order valence-corrected chi connectivity index (χ3v) is 0. The van der Waals surface area contributed by atoms with Gasteiger partial charge >= 0.3 is 18.6 Å². The molecular formula is O6S2V. The molecule has 53 valence electrons. The molecule has 0 atom stereocenters. The third kappa shape index (κ3) is 752. The molecule has 1 radical (unpaired) electrons. The number of rotatable bonds is 0. The van der Waals surface area contributed by atoms with Crippen LogP contribution in [-0.4, -0.2) is 26.6 Å². The molecule has 0 amide bonds. The van der Waals surface area contributed by atoms with Crippen LogP contribution >= 0.6 is 0 Å². The van der Waals surface area contributed by atoms with E-state index in [-0.39, 0.29) is 18.6 Å². The molecule has 9 heavy (non-hydrogen) atoms. The molecule has 0 N–H and O–H groups in total. The Balaban J connectivity index is -0.0000000720. The quantitative estimate of drug-likeness (QED) is 0.426. The summed E-state index contributed by atoms with van der Waals surface area (Å²) in [5.74, 6) is 0. The van der Waals surface area contributed by atoms with Gasteiger partial charge in [-0.1, -0.05) is 0 Å². The van der Waals surface area contributed by atoms with Gasteiger partial charge in [0, 0.05) is 0 Å². The zero-order valence-electron chi connectivity index (χ0n) is 3.71. The van der Waals surface area contributed by atoms with E-state index in [0.29, 0.717) is 0 Å². The van der Waals surface area contributed by atoms with Crippen molar-refractivity contribution in [1.82, 2.24) is 0 Å². The van der Waals surface area contributed by atoms with E-state index in [1.165, 1.54) is 0 Å². The average molecular weight is 211 g/mol. The Morgan fingerprint density at radius 1 is 0.778 bits per heavy atom. The van der Waals surface area contributed by atoms with Crippen LogP contribution in [-0.2, 0) is 41.3 Å². The van der Waals surface area contributed by atoms with Crippen molar-refractivity contribution in [2.24, 2.45) is 0 Å². The van der Waals surface area contributed by atoms with E-state index in [1.807, 2.05) is 0 Å². The van der Waals surface area contributed by atoms with Gasteiger partial charge in [0.25, 0.3) is 0 Å². The van der Waals surface area contributed by atoms with E-state index in [4.69, 9.17) is 26.6 Å². The summed E-state index contributed by atoms with van der Waals surface area (Å²) in [5, 5.41) is 0. The Kier molecular flexibility index (Phi) is 20.9. The fourth-order valence-corrected chi connectivity index (χ4v) is 0. The molecule has 0 aromatic heterocycles. The Morgan fingerprint density at radius 2 is 0.778 bits per heavy atom. The average Bonchev–Trinajstić information content (AvgIpc) is 1.25. The van der Waals surface area contributed by atoms with Gasteiger partial charge in [-0.05, 0) is 0 Å². The molecule has 0 saturated heterocycles. The maximum Gasteiger partial charge on any atom is 4.00 e. The van der Waals surface area contributed by atoms with E-state index < -0.39 is 22.7 Å². The minimum Gasteiger partial charge on any atom is -0.784 e. The molecule has 0 unspecified atom stereocenters. The predicted molar refractivity (Wildman–Crippen MR) is 19.4 cm³/mol. The van der Waals surface area contributed by atoms with Gasteiger partial charge in [0.1, 0.15) is 0 Å². The molecule has 0 aromatic carbocycles. The second kappa shape index (κ2) is 11.5. The zero-order chi connectivity index (χ0) is 7.15. The molecule has 0 saturated carbocycles. The van der Waals surface area contributed by atoms with Crippen molar-refractivity contribution in [1.29, 1.82) is 0 Å². The minimum absolute atomic E-state index is 0. The molecule has 0 aliphatic heterocycles. The van der Waals surface area contributed by atoms with E-state index in [1.54, 1.807) is 0 Å². The summed E-state index contributed by atoms with van der Waals surface area (Å²) in [7, 11) is 0. The molecule has 0 aromatic rings. The monoisotopic (exact) mass is 211 g/mol. The summed E-state index contributed by atoms with van der Waals surface area (Å²) in [6.07, 6.45) is 0. The fourth-order valence-electron chi connectivity index (χ4n) is 0. The summed E-state index contributed by atoms with van der Waals surface area (Å²) in [4.78, 5) is 0. The molecule has 0 bridgehead atoms. The molecule has 0 aliphatic rings. The van der Waals surface area contributed by atoms with Crippen molar-refractivity contribution in [3.8, 4) is 0 Å². The molecule has 6 nitrogen and oxygen atoms in total. The van der Waals surface area contributed by atoms with Crippen LogP contribution in [0.25, 0.3) is 0 Å². The van der Waals surface area contributed by atoms with Crippen LogP contribution in [0.15, 0.2) is 0 Å². The summed E-state index contributed by atoms with van der Waals surface area (Å²) >= 11 is -6.22. The van der Waals surface area contributed by atoms with E-state index in [0.717, 1.165) is 0 Å². The molecule has 0 fully saturated rings. The summed E-state index contributed by atoms with van der Waals surface area (Å²) < 4.78 is 50.7. The van der Waals surface area contributed by atoms with Crippen LogP contribution in [0.2, 0.25) is 0 Å². The van der Waals surface area contributed by atoms with Crippen LogP contribution < -0.4 is 0 Å². The Labute approximate surface area is 68.1 Å². The van der Waals surface area contributed by atoms with Gasteiger partial charge in [-0.25, -0.2) is 0 Å². The standard InChI is InChI=1S/2H2O3S.V/c2*1-4(2)3;/h2*(H2,1,2,3);/q;;+4/p-4. The molecule has 9 heteroatoms. The molecule has 0 spiro atoms. The zero-order valence-corrected chi connectivity index (χ0v) is 6.74. The maximum atomic E-state index is 8.44. The number of hydrogen-bond acceptors (Lipinski definition) is 6. The van der Waals surface area contributed by atoms with Gasteiger partial charge in [-0.3, -0.25) is 8.42 Å². The third-order valence-electron chi connectivity index (χ3n) is 0. The summed E-state index contributed by atoms with van der Waals surface area (Å²) in [6, 6.07) is 0. The summed E-state index contributed by atoms with van der Waals surface area (Å²) in [5.41, 5.74) is 0. The smallest absolute Gasteiger partial charge is 0.784 e. The van der Waals surface area contributed by atoms with Crippen LogP contribution in [0.3, 0.4) is 0 Å². The Hall–Kier alpha value is 0.724. The first kappa shape index (κ1) is 16.4. The van der Waals surface area contributed by atoms with Crippen LogP contribution in [0.5, 0.6) is 0 Å². The van der Waals surface area contributed by atoms with Crippen LogP contribution in [0.1, 0.15) is 0 Å². The van der Waals surface area contributed by atoms with Crippen LogP contribution in [0, 0.1) is 0 Å². The van der Waals surface area contributed by atoms with Crippen molar-refractivity contribution in [3.05, 3.63) is 0 Å². The first-order valence-corrected chi connectivity index (χ1v) is 3.00. The SMILES string of the molecule is O=S([O-])[O-].O=S([O-])[O-].[V+4]. The van der Waals surface area contributed by atoms with Gasteiger partial charge in [0.15, 0.2) is 0 Å². The molecule has 0 aliphatic carbocycles. The minimum atomic E-state index is -3.11. The first-order valence-electron chi connectivity index (χ1n) is 1.00. The molecule has 0 rings (SSSR count). The van der Waals surface area contributed by atoms with Gasteiger partial charge < -0.3 is 18.2 Å². The van der Waals surface area contributed by atoms with Gasteiger partial charge in [-0.2, -0.15) is 0 Å². The Morgan fingerprint density at radius 3 is 0.778 bits per heavy atom. The largest absolute Gasteiger partial charge is 4.00 e. The van der Waals surface area contributed by atoms with E-state index in [9.17, 15) is 0 Å². The van der Waals surface area contributed by atoms with E-state index in [2.05, 4.69) is 0 Å². The normalized spacial score (nSPS) is 7.78. The fraction of sp³-hybridized carbons (Fsp3) is 0. The summed E-state index contributed by atoms with van der Waals surface area (Å²) in [6.45, 7) is 0. The predicted octanol–water partition coefficient (Wildman–Crippen LogP) is -2.01. The van der Waals surface area contributed by atoms with Gasteiger partial charge in [-0.15, -0.1) is 22.7 Å². The van der Waals surface area contributed by atoms with E-state index >= 15 is 0 Å². The van der Waals surface area contributed by atoms with Crippen molar-refractivity contribution in [3.63, 3.8) is 0 Å². The topological polar surface area (TPSA) is 126 Å². The van der Waals surface area contributed by atoms with Gasteiger partial charge in [0.2, 0.25) is 0 Å². The first-order chi connectivity index (χ1) is 3.46. The Bertz CT molecular complexity index is 69.1. The van der Waals surface area contributed by atoms with Gasteiger partial charge in [0.05, 0.1) is 0 Å². The second-order valence-corrected chi connectivity index (χ2v) is 1.22. The number of hydrogen-bond donors (Lipinski definition) is 0. The molecule has 0 heterocycles. The molecular weight excluding hydrogens is 211 g/mol. The van der Waals surface area contributed by atoms with Crippen molar-refractivity contribution in [2.45, 2.75) is 0 Å².